The predicted octanol–water partition coefficient (Wildman–Crippen LogP) is 3.09. The summed E-state index contributed by atoms with van der Waals surface area (Å²) in [5.74, 6) is -0.151. The number of nitro groups is 1. The van der Waals surface area contributed by atoms with Crippen molar-refractivity contribution in [3.63, 3.8) is 0 Å². The first-order valence-corrected chi connectivity index (χ1v) is 9.15. The summed E-state index contributed by atoms with van der Waals surface area (Å²) in [5.41, 5.74) is 0.680. The standard InChI is InChI=1S/C19H18ClN3O6/c1-11-3-4-12(7-15(11)23(26)27)19(25)21-10-18(24)22-14-9-17-16(8-13(14)20)28-5-2-6-29-17/h3-4,7-9H,2,5-6,10H2,1H3,(H,21,25)(H,22,24). The van der Waals surface area contributed by atoms with Gasteiger partial charge in [0.2, 0.25) is 5.91 Å². The highest BCUT2D eigenvalue weighted by Crippen LogP contribution is 2.37. The lowest BCUT2D eigenvalue weighted by molar-refractivity contribution is -0.385. The van der Waals surface area contributed by atoms with Gasteiger partial charge in [0.05, 0.1) is 35.4 Å². The summed E-state index contributed by atoms with van der Waals surface area (Å²) in [6.07, 6.45) is 0.733. The molecule has 1 aliphatic heterocycles. The van der Waals surface area contributed by atoms with Crippen LogP contribution in [0.25, 0.3) is 0 Å². The van der Waals surface area contributed by atoms with E-state index in [0.29, 0.717) is 36.0 Å². The molecular weight excluding hydrogens is 402 g/mol. The molecule has 2 N–H and O–H groups in total. The van der Waals surface area contributed by atoms with Crippen LogP contribution in [0.2, 0.25) is 5.02 Å². The number of anilines is 1. The molecule has 29 heavy (non-hydrogen) atoms. The first-order valence-electron chi connectivity index (χ1n) is 8.77. The lowest BCUT2D eigenvalue weighted by Gasteiger charge is -2.13. The monoisotopic (exact) mass is 419 g/mol. The average molecular weight is 420 g/mol. The van der Waals surface area contributed by atoms with E-state index < -0.39 is 16.7 Å². The number of nitrogens with one attached hydrogen (secondary N) is 2. The van der Waals surface area contributed by atoms with Crippen molar-refractivity contribution in [3.8, 4) is 11.5 Å². The maximum Gasteiger partial charge on any atom is 0.273 e. The van der Waals surface area contributed by atoms with Crippen LogP contribution in [0.1, 0.15) is 22.3 Å². The maximum absolute atomic E-state index is 12.2. The number of fused-ring (bicyclic) bond motifs is 1. The number of nitrogens with zero attached hydrogens (tertiary/aromatic N) is 1. The number of halogens is 1. The number of amides is 2. The quantitative estimate of drug-likeness (QED) is 0.567. The fraction of sp³-hybridized carbons (Fsp3) is 0.263. The number of nitro benzene ring substituents is 1. The zero-order valence-electron chi connectivity index (χ0n) is 15.5. The van der Waals surface area contributed by atoms with Crippen LogP contribution >= 0.6 is 11.6 Å². The Labute approximate surface area is 171 Å². The third-order valence-electron chi connectivity index (χ3n) is 4.19. The molecule has 2 amide bonds. The van der Waals surface area contributed by atoms with E-state index in [9.17, 15) is 19.7 Å². The molecule has 0 fully saturated rings. The molecule has 0 atom stereocenters. The van der Waals surface area contributed by atoms with Gasteiger partial charge in [-0.15, -0.1) is 0 Å². The van der Waals surface area contributed by atoms with Crippen molar-refractivity contribution >= 4 is 34.8 Å². The third-order valence-corrected chi connectivity index (χ3v) is 4.50. The summed E-state index contributed by atoms with van der Waals surface area (Å²) < 4.78 is 11.1. The second-order valence-electron chi connectivity index (χ2n) is 6.32. The lowest BCUT2D eigenvalue weighted by atomic mass is 10.1. The molecule has 0 aromatic heterocycles. The van der Waals surface area contributed by atoms with Gasteiger partial charge in [-0.1, -0.05) is 17.7 Å². The van der Waals surface area contributed by atoms with E-state index in [0.717, 1.165) is 6.42 Å². The number of carbonyl (C=O) groups excluding carboxylic acids is 2. The van der Waals surface area contributed by atoms with E-state index in [2.05, 4.69) is 10.6 Å². The summed E-state index contributed by atoms with van der Waals surface area (Å²) in [5, 5.41) is 16.3. The first kappa shape index (κ1) is 20.4. The van der Waals surface area contributed by atoms with Gasteiger partial charge >= 0.3 is 0 Å². The molecule has 0 spiro atoms. The van der Waals surface area contributed by atoms with Crippen LogP contribution in [0, 0.1) is 17.0 Å². The number of hydrogen-bond acceptors (Lipinski definition) is 6. The molecule has 9 nitrogen and oxygen atoms in total. The van der Waals surface area contributed by atoms with Gasteiger partial charge in [-0.2, -0.15) is 0 Å². The summed E-state index contributed by atoms with van der Waals surface area (Å²) in [7, 11) is 0. The number of carbonyl (C=O) groups is 2. The van der Waals surface area contributed by atoms with Gasteiger partial charge in [0, 0.05) is 35.7 Å². The molecular formula is C19H18ClN3O6. The number of benzene rings is 2. The zero-order valence-corrected chi connectivity index (χ0v) is 16.2. The van der Waals surface area contributed by atoms with Crippen molar-refractivity contribution in [2.45, 2.75) is 13.3 Å². The first-order chi connectivity index (χ1) is 13.8. The van der Waals surface area contributed by atoms with Crippen LogP contribution in [-0.2, 0) is 4.79 Å². The molecule has 0 aliphatic carbocycles. The fourth-order valence-electron chi connectivity index (χ4n) is 2.68. The van der Waals surface area contributed by atoms with Crippen LogP contribution in [0.3, 0.4) is 0 Å². The van der Waals surface area contributed by atoms with Crippen LogP contribution in [0.15, 0.2) is 30.3 Å². The van der Waals surface area contributed by atoms with Crippen molar-refractivity contribution in [3.05, 3.63) is 56.6 Å². The van der Waals surface area contributed by atoms with Gasteiger partial charge in [0.1, 0.15) is 0 Å². The highest BCUT2D eigenvalue weighted by atomic mass is 35.5. The highest BCUT2D eigenvalue weighted by molar-refractivity contribution is 6.34. The Kier molecular flexibility index (Phi) is 6.18. The van der Waals surface area contributed by atoms with Crippen molar-refractivity contribution in [1.29, 1.82) is 0 Å². The minimum Gasteiger partial charge on any atom is -0.490 e. The third kappa shape index (κ3) is 4.94. The van der Waals surface area contributed by atoms with Crippen molar-refractivity contribution in [2.75, 3.05) is 25.1 Å². The molecule has 0 saturated heterocycles. The van der Waals surface area contributed by atoms with Gasteiger partial charge in [-0.05, 0) is 13.0 Å². The molecule has 1 heterocycles. The number of ether oxygens (including phenoxy) is 2. The Morgan fingerprint density at radius 1 is 1.17 bits per heavy atom. The Bertz CT molecular complexity index is 979. The summed E-state index contributed by atoms with van der Waals surface area (Å²) >= 11 is 6.18. The van der Waals surface area contributed by atoms with E-state index in [1.807, 2.05) is 0 Å². The number of hydrogen-bond donors (Lipinski definition) is 2. The van der Waals surface area contributed by atoms with Crippen LogP contribution < -0.4 is 20.1 Å². The van der Waals surface area contributed by atoms with Gasteiger partial charge < -0.3 is 20.1 Å². The molecule has 0 radical (unpaired) electrons. The molecule has 3 rings (SSSR count). The molecule has 2 aromatic carbocycles. The van der Waals surface area contributed by atoms with Gasteiger partial charge in [-0.3, -0.25) is 19.7 Å². The van der Waals surface area contributed by atoms with Gasteiger partial charge in [-0.25, -0.2) is 0 Å². The molecule has 0 bridgehead atoms. The largest absolute Gasteiger partial charge is 0.490 e. The molecule has 0 saturated carbocycles. The smallest absolute Gasteiger partial charge is 0.273 e. The summed E-state index contributed by atoms with van der Waals surface area (Å²) in [6, 6.07) is 7.22. The Hall–Kier alpha value is -3.33. The van der Waals surface area contributed by atoms with E-state index >= 15 is 0 Å². The molecule has 1 aliphatic rings. The topological polar surface area (TPSA) is 120 Å². The zero-order chi connectivity index (χ0) is 21.0. The molecule has 0 unspecified atom stereocenters. The van der Waals surface area contributed by atoms with E-state index in [1.54, 1.807) is 19.1 Å². The Morgan fingerprint density at radius 2 is 1.86 bits per heavy atom. The second kappa shape index (κ2) is 8.78. The van der Waals surface area contributed by atoms with Crippen molar-refractivity contribution < 1.29 is 24.0 Å². The highest BCUT2D eigenvalue weighted by Gasteiger charge is 2.18. The Morgan fingerprint density at radius 3 is 2.55 bits per heavy atom. The predicted molar refractivity (Wildman–Crippen MR) is 106 cm³/mol. The van der Waals surface area contributed by atoms with Gasteiger partial charge in [0.25, 0.3) is 11.6 Å². The molecule has 10 heteroatoms. The normalized spacial score (nSPS) is 12.6. The SMILES string of the molecule is Cc1ccc(C(=O)NCC(=O)Nc2cc3c(cc2Cl)OCCCO3)cc1[N+](=O)[O-]. The fourth-order valence-corrected chi connectivity index (χ4v) is 2.88. The summed E-state index contributed by atoms with van der Waals surface area (Å²) in [6.45, 7) is 2.23. The van der Waals surface area contributed by atoms with Crippen LogP contribution in [0.4, 0.5) is 11.4 Å². The Balaban J connectivity index is 1.63. The minimum atomic E-state index is -0.604. The number of aryl methyl sites for hydroxylation is 1. The van der Waals surface area contributed by atoms with Crippen molar-refractivity contribution in [1.82, 2.24) is 5.32 Å². The van der Waals surface area contributed by atoms with Crippen LogP contribution in [0.5, 0.6) is 11.5 Å². The summed E-state index contributed by atoms with van der Waals surface area (Å²) in [4.78, 5) is 34.8. The second-order valence-corrected chi connectivity index (χ2v) is 6.73. The van der Waals surface area contributed by atoms with E-state index in [1.165, 1.54) is 18.2 Å². The number of rotatable bonds is 5. The average Bonchev–Trinajstić information content (AvgIpc) is 2.91. The van der Waals surface area contributed by atoms with Crippen molar-refractivity contribution in [2.24, 2.45) is 0 Å². The maximum atomic E-state index is 12.2. The van der Waals surface area contributed by atoms with Gasteiger partial charge in [0.15, 0.2) is 11.5 Å². The lowest BCUT2D eigenvalue weighted by Crippen LogP contribution is -2.33. The minimum absolute atomic E-state index is 0.0868. The van der Waals surface area contributed by atoms with E-state index in [-0.39, 0.29) is 22.8 Å². The van der Waals surface area contributed by atoms with Crippen LogP contribution in [-0.4, -0.2) is 36.5 Å². The molecule has 152 valence electrons. The van der Waals surface area contributed by atoms with E-state index in [4.69, 9.17) is 21.1 Å². The molecule has 2 aromatic rings.